The highest BCUT2D eigenvalue weighted by molar-refractivity contribution is 5.76. The van der Waals surface area contributed by atoms with E-state index in [1.54, 1.807) is 6.08 Å². The van der Waals surface area contributed by atoms with Crippen molar-refractivity contribution in [2.75, 3.05) is 6.61 Å². The Hall–Kier alpha value is -3.73. The van der Waals surface area contributed by atoms with Gasteiger partial charge < -0.3 is 15.5 Å². The van der Waals surface area contributed by atoms with E-state index in [0.717, 1.165) is 109 Å². The molecule has 0 aromatic rings. The summed E-state index contributed by atoms with van der Waals surface area (Å²) >= 11 is 0. The highest BCUT2D eigenvalue weighted by Gasteiger charge is 2.17. The molecule has 0 fully saturated rings. The number of carbonyl (C=O) groups excluding carboxylic acids is 1. The number of carbonyl (C=O) groups is 1. The van der Waals surface area contributed by atoms with Crippen molar-refractivity contribution in [3.05, 3.63) is 146 Å². The summed E-state index contributed by atoms with van der Waals surface area (Å²) in [7, 11) is 0. The predicted octanol–water partition coefficient (Wildman–Crippen LogP) is 16.9. The molecule has 0 heterocycles. The fraction of sp³-hybridized carbons (Fsp3) is 0.576. The second-order valence-electron chi connectivity index (χ2n) is 16.5. The first kappa shape index (κ1) is 59.3. The molecule has 0 radical (unpaired) electrons. The van der Waals surface area contributed by atoms with Gasteiger partial charge in [0.15, 0.2) is 0 Å². The summed E-state index contributed by atoms with van der Waals surface area (Å²) in [6.45, 7) is 4.15. The normalized spacial score (nSPS) is 14.2. The minimum atomic E-state index is -0.885. The van der Waals surface area contributed by atoms with Crippen LogP contribution < -0.4 is 5.32 Å². The van der Waals surface area contributed by atoms with Crippen molar-refractivity contribution in [3.8, 4) is 0 Å². The molecule has 354 valence electrons. The number of aliphatic hydroxyl groups is 2. The van der Waals surface area contributed by atoms with Crippen molar-refractivity contribution >= 4 is 5.91 Å². The maximum absolute atomic E-state index is 12.4. The third kappa shape index (κ3) is 49.1. The molecule has 3 N–H and O–H groups in total. The van der Waals surface area contributed by atoms with Crippen LogP contribution in [0.5, 0.6) is 0 Å². The van der Waals surface area contributed by atoms with Crippen LogP contribution in [0.3, 0.4) is 0 Å². The van der Waals surface area contributed by atoms with Gasteiger partial charge in [-0.25, -0.2) is 0 Å². The van der Waals surface area contributed by atoms with Crippen molar-refractivity contribution < 1.29 is 15.0 Å². The molecule has 0 rings (SSSR count). The molecule has 0 saturated carbocycles. The molecule has 1 amide bonds. The Morgan fingerprint density at radius 2 is 0.714 bits per heavy atom. The van der Waals surface area contributed by atoms with E-state index in [2.05, 4.69) is 153 Å². The van der Waals surface area contributed by atoms with E-state index in [1.807, 2.05) is 6.08 Å². The van der Waals surface area contributed by atoms with Crippen LogP contribution in [0.15, 0.2) is 146 Å². The zero-order chi connectivity index (χ0) is 45.6. The van der Waals surface area contributed by atoms with Gasteiger partial charge in [0.05, 0.1) is 18.8 Å². The SMILES string of the molecule is CC/C=C\C/C=C\C/C=C\C/C=C\C/C=C\C/C=C\C/C=C\C/C=C\C/C=C\CCCCCCCCCC(=O)NC(CO)C(O)/C=C/CC/C=C/CC/C=C/CCCCCCCC. The van der Waals surface area contributed by atoms with E-state index >= 15 is 0 Å². The van der Waals surface area contributed by atoms with Crippen LogP contribution in [0.2, 0.25) is 0 Å². The van der Waals surface area contributed by atoms with Crippen LogP contribution in [0.4, 0.5) is 0 Å². The summed E-state index contributed by atoms with van der Waals surface area (Å²) in [6, 6.07) is -0.662. The fourth-order valence-corrected chi connectivity index (χ4v) is 6.67. The van der Waals surface area contributed by atoms with Gasteiger partial charge in [-0.3, -0.25) is 4.79 Å². The van der Waals surface area contributed by atoms with Gasteiger partial charge in [-0.1, -0.05) is 224 Å². The molecule has 0 aliphatic carbocycles. The van der Waals surface area contributed by atoms with Crippen LogP contribution in [-0.2, 0) is 4.79 Å². The predicted molar refractivity (Wildman–Crippen MR) is 280 cm³/mol. The van der Waals surface area contributed by atoms with Gasteiger partial charge >= 0.3 is 0 Å². The smallest absolute Gasteiger partial charge is 0.220 e. The summed E-state index contributed by atoms with van der Waals surface area (Å²) in [5.41, 5.74) is 0. The van der Waals surface area contributed by atoms with Crippen molar-refractivity contribution in [2.45, 2.75) is 212 Å². The molecule has 0 aromatic heterocycles. The molecule has 0 bridgehead atoms. The number of amides is 1. The molecule has 0 aliphatic rings. The molecule has 0 spiro atoms. The van der Waals surface area contributed by atoms with E-state index < -0.39 is 12.1 Å². The molecule has 4 heteroatoms. The highest BCUT2D eigenvalue weighted by atomic mass is 16.3. The van der Waals surface area contributed by atoms with Crippen molar-refractivity contribution in [1.29, 1.82) is 0 Å². The molecule has 0 aliphatic heterocycles. The number of hydrogen-bond acceptors (Lipinski definition) is 3. The van der Waals surface area contributed by atoms with Gasteiger partial charge in [0.25, 0.3) is 0 Å². The summed E-state index contributed by atoms with van der Waals surface area (Å²) in [5.74, 6) is -0.0969. The largest absolute Gasteiger partial charge is 0.394 e. The molecular formula is C59H95NO3. The number of unbranched alkanes of at least 4 members (excludes halogenated alkanes) is 15. The highest BCUT2D eigenvalue weighted by Crippen LogP contribution is 2.11. The van der Waals surface area contributed by atoms with Crippen LogP contribution in [0.25, 0.3) is 0 Å². The molecule has 63 heavy (non-hydrogen) atoms. The second-order valence-corrected chi connectivity index (χ2v) is 16.5. The van der Waals surface area contributed by atoms with Gasteiger partial charge in [-0.15, -0.1) is 0 Å². The van der Waals surface area contributed by atoms with E-state index in [4.69, 9.17) is 0 Å². The Kier molecular flexibility index (Phi) is 49.5. The maximum atomic E-state index is 12.4. The van der Waals surface area contributed by atoms with Crippen LogP contribution in [0, 0.1) is 0 Å². The number of aliphatic hydroxyl groups excluding tert-OH is 2. The standard InChI is InChI=1S/C59H95NO3/c1-3-5-7-9-11-13-15-17-19-21-22-23-24-25-26-27-28-29-30-31-32-33-34-35-36-37-38-39-41-43-45-47-49-51-53-55-59(63)60-57(56-61)58(62)54-52-50-48-46-44-42-40-20-18-16-14-12-10-8-6-4-2/h5,7,11,13,17-20,22-23,25-26,28-29,31-32,34-35,37-38,44,46,52,54,57-58,61-62H,3-4,6,8-10,12,14-16,21,24,27,30,33,36,39-43,45,47-51,53,55-56H2,1-2H3,(H,60,63)/b7-5-,13-11-,19-17-,20-18+,23-22-,26-25-,29-28-,32-31-,35-34-,38-37-,46-44+,54-52+. The van der Waals surface area contributed by atoms with Gasteiger partial charge in [0.2, 0.25) is 5.91 Å². The molecule has 2 atom stereocenters. The number of nitrogens with one attached hydrogen (secondary N) is 1. The Bertz CT molecular complexity index is 1350. The first-order valence-corrected chi connectivity index (χ1v) is 25.5. The lowest BCUT2D eigenvalue weighted by atomic mass is 10.1. The average Bonchev–Trinajstić information content (AvgIpc) is 3.29. The van der Waals surface area contributed by atoms with Gasteiger partial charge in [0.1, 0.15) is 0 Å². The van der Waals surface area contributed by atoms with Crippen molar-refractivity contribution in [2.24, 2.45) is 0 Å². The van der Waals surface area contributed by atoms with E-state index in [0.29, 0.717) is 6.42 Å². The number of allylic oxidation sites excluding steroid dienone is 23. The van der Waals surface area contributed by atoms with Crippen LogP contribution in [-0.4, -0.2) is 34.9 Å². The van der Waals surface area contributed by atoms with Crippen LogP contribution >= 0.6 is 0 Å². The third-order valence-corrected chi connectivity index (χ3v) is 10.5. The Morgan fingerprint density at radius 3 is 1.11 bits per heavy atom. The Morgan fingerprint density at radius 1 is 0.397 bits per heavy atom. The average molecular weight is 866 g/mol. The van der Waals surface area contributed by atoms with E-state index in [9.17, 15) is 15.0 Å². The summed E-state index contributed by atoms with van der Waals surface area (Å²) in [4.78, 5) is 12.4. The van der Waals surface area contributed by atoms with E-state index in [-0.39, 0.29) is 12.5 Å². The van der Waals surface area contributed by atoms with Gasteiger partial charge in [-0.2, -0.15) is 0 Å². The van der Waals surface area contributed by atoms with Gasteiger partial charge in [-0.05, 0) is 116 Å². The second kappa shape index (κ2) is 52.6. The summed E-state index contributed by atoms with van der Waals surface area (Å²) in [6.07, 6.45) is 84.0. The lowest BCUT2D eigenvalue weighted by molar-refractivity contribution is -0.123. The molecule has 2 unspecified atom stereocenters. The minimum Gasteiger partial charge on any atom is -0.394 e. The zero-order valence-electron chi connectivity index (χ0n) is 40.5. The monoisotopic (exact) mass is 866 g/mol. The molecule has 0 aromatic carbocycles. The molecule has 0 saturated heterocycles. The minimum absolute atomic E-state index is 0.0969. The van der Waals surface area contributed by atoms with Crippen molar-refractivity contribution in [1.82, 2.24) is 5.32 Å². The van der Waals surface area contributed by atoms with Crippen LogP contribution in [0.1, 0.15) is 200 Å². The lowest BCUT2D eigenvalue weighted by Gasteiger charge is -2.19. The number of rotatable bonds is 44. The maximum Gasteiger partial charge on any atom is 0.220 e. The number of hydrogen-bond donors (Lipinski definition) is 3. The van der Waals surface area contributed by atoms with Crippen molar-refractivity contribution in [3.63, 3.8) is 0 Å². The Labute approximate surface area is 389 Å². The summed E-state index contributed by atoms with van der Waals surface area (Å²) in [5, 5.41) is 23.0. The quantitative estimate of drug-likeness (QED) is 0.0422. The molecule has 4 nitrogen and oxygen atoms in total. The topological polar surface area (TPSA) is 69.6 Å². The molecular weight excluding hydrogens is 771 g/mol. The first-order valence-electron chi connectivity index (χ1n) is 25.5. The fourth-order valence-electron chi connectivity index (χ4n) is 6.67. The Balaban J connectivity index is 3.71. The third-order valence-electron chi connectivity index (χ3n) is 10.5. The van der Waals surface area contributed by atoms with Gasteiger partial charge in [0, 0.05) is 6.42 Å². The zero-order valence-corrected chi connectivity index (χ0v) is 40.5. The van der Waals surface area contributed by atoms with E-state index in [1.165, 1.54) is 70.6 Å². The first-order chi connectivity index (χ1) is 31.2. The summed E-state index contributed by atoms with van der Waals surface area (Å²) < 4.78 is 0. The lowest BCUT2D eigenvalue weighted by Crippen LogP contribution is -2.45.